The molecule has 182 valence electrons. The van der Waals surface area contributed by atoms with E-state index in [1.54, 1.807) is 12.3 Å². The number of aryl methyl sites for hydroxylation is 2. The maximum atomic E-state index is 15.9. The summed E-state index contributed by atoms with van der Waals surface area (Å²) in [4.78, 5) is 17.7. The number of para-hydroxylation sites is 1. The van der Waals surface area contributed by atoms with E-state index < -0.39 is 0 Å². The number of allylic oxidation sites excluding steroid dienone is 1. The molecule has 1 heterocycles. The van der Waals surface area contributed by atoms with Crippen LogP contribution in [0.3, 0.4) is 0 Å². The quantitative estimate of drug-likeness (QED) is 0.325. The Kier molecular flexibility index (Phi) is 6.95. The maximum Gasteiger partial charge on any atom is 0.252 e. The predicted octanol–water partition coefficient (Wildman–Crippen LogP) is 7.37. The molecule has 1 amide bonds. The minimum Gasteiger partial charge on any atom is -0.349 e. The van der Waals surface area contributed by atoms with Gasteiger partial charge in [0.1, 0.15) is 5.83 Å². The van der Waals surface area contributed by atoms with E-state index in [-0.39, 0.29) is 23.7 Å². The van der Waals surface area contributed by atoms with Crippen LogP contribution in [0.15, 0.2) is 90.6 Å². The highest BCUT2D eigenvalue weighted by molar-refractivity contribution is 6.06. The van der Waals surface area contributed by atoms with Crippen LogP contribution < -0.4 is 5.32 Å². The fourth-order valence-electron chi connectivity index (χ4n) is 5.51. The van der Waals surface area contributed by atoms with Crippen LogP contribution in [-0.4, -0.2) is 16.9 Å². The second-order valence-corrected chi connectivity index (χ2v) is 9.92. The zero-order chi connectivity index (χ0) is 25.1. The Labute approximate surface area is 212 Å². The monoisotopic (exact) mass is 478 g/mol. The van der Waals surface area contributed by atoms with Gasteiger partial charge in [0, 0.05) is 23.2 Å². The largest absolute Gasteiger partial charge is 0.349 e. The molecular weight excluding hydrogens is 447 g/mol. The molecule has 0 aliphatic heterocycles. The molecule has 1 aromatic heterocycles. The molecule has 5 rings (SSSR count). The van der Waals surface area contributed by atoms with E-state index in [0.29, 0.717) is 30.4 Å². The highest BCUT2D eigenvalue weighted by Gasteiger charge is 2.30. The van der Waals surface area contributed by atoms with Gasteiger partial charge in [-0.1, -0.05) is 65.7 Å². The molecule has 1 N–H and O–H groups in total. The number of amides is 1. The SMILES string of the molecule is Cc1cc(C)cc(/C(F)=C2/CC[C@H](NC(=O)c3ccnc4ccccc34)C[C@H]2Cc2ccccc2)c1. The van der Waals surface area contributed by atoms with Crippen molar-refractivity contribution in [1.29, 1.82) is 0 Å². The summed E-state index contributed by atoms with van der Waals surface area (Å²) >= 11 is 0. The van der Waals surface area contributed by atoms with E-state index in [1.165, 1.54) is 5.56 Å². The van der Waals surface area contributed by atoms with Crippen LogP contribution in [0.25, 0.3) is 16.7 Å². The topological polar surface area (TPSA) is 42.0 Å². The lowest BCUT2D eigenvalue weighted by Gasteiger charge is -2.33. The number of aromatic nitrogens is 1. The van der Waals surface area contributed by atoms with Crippen LogP contribution in [-0.2, 0) is 6.42 Å². The zero-order valence-electron chi connectivity index (χ0n) is 20.8. The number of carbonyl (C=O) groups excluding carboxylic acids is 1. The van der Waals surface area contributed by atoms with Crippen molar-refractivity contribution in [2.45, 2.75) is 45.6 Å². The maximum absolute atomic E-state index is 15.9. The molecular formula is C32H31FN2O. The smallest absolute Gasteiger partial charge is 0.252 e. The molecule has 0 bridgehead atoms. The minimum atomic E-state index is -0.104. The average molecular weight is 479 g/mol. The number of nitrogens with zero attached hydrogens (tertiary/aromatic N) is 1. The number of nitrogens with one attached hydrogen (secondary N) is 1. The molecule has 36 heavy (non-hydrogen) atoms. The van der Waals surface area contributed by atoms with E-state index in [4.69, 9.17) is 0 Å². The Bertz CT molecular complexity index is 1400. The lowest BCUT2D eigenvalue weighted by atomic mass is 9.77. The molecule has 1 saturated carbocycles. The van der Waals surface area contributed by atoms with Crippen LogP contribution in [0.5, 0.6) is 0 Å². The number of fused-ring (bicyclic) bond motifs is 1. The number of hydrogen-bond acceptors (Lipinski definition) is 2. The lowest BCUT2D eigenvalue weighted by molar-refractivity contribution is 0.0927. The first-order chi connectivity index (χ1) is 17.5. The van der Waals surface area contributed by atoms with Crippen molar-refractivity contribution >= 4 is 22.6 Å². The summed E-state index contributed by atoms with van der Waals surface area (Å²) in [7, 11) is 0. The van der Waals surface area contributed by atoms with Crippen molar-refractivity contribution < 1.29 is 9.18 Å². The molecule has 3 nitrogen and oxygen atoms in total. The van der Waals surface area contributed by atoms with Crippen LogP contribution in [0.2, 0.25) is 0 Å². The summed E-state index contributed by atoms with van der Waals surface area (Å²) in [5, 5.41) is 4.09. The summed E-state index contributed by atoms with van der Waals surface area (Å²) < 4.78 is 15.9. The van der Waals surface area contributed by atoms with Crippen molar-refractivity contribution in [3.05, 3.63) is 118 Å². The first kappa shape index (κ1) is 23.9. The molecule has 0 radical (unpaired) electrons. The molecule has 0 spiro atoms. The highest BCUT2D eigenvalue weighted by atomic mass is 19.1. The fourth-order valence-corrected chi connectivity index (χ4v) is 5.51. The molecule has 0 saturated heterocycles. The number of benzene rings is 3. The van der Waals surface area contributed by atoms with E-state index in [1.807, 2.05) is 68.4 Å². The average Bonchev–Trinajstić information content (AvgIpc) is 2.88. The Morgan fingerprint density at radius 2 is 1.69 bits per heavy atom. The summed E-state index contributed by atoms with van der Waals surface area (Å²) in [5.41, 5.74) is 6.26. The molecule has 2 atom stereocenters. The van der Waals surface area contributed by atoms with Gasteiger partial charge >= 0.3 is 0 Å². The van der Waals surface area contributed by atoms with E-state index >= 15 is 4.39 Å². The molecule has 4 aromatic rings. The van der Waals surface area contributed by atoms with Gasteiger partial charge in [-0.15, -0.1) is 0 Å². The van der Waals surface area contributed by atoms with Crippen LogP contribution in [0, 0.1) is 19.8 Å². The number of pyridine rings is 1. The van der Waals surface area contributed by atoms with Gasteiger partial charge < -0.3 is 5.32 Å². The van der Waals surface area contributed by atoms with Gasteiger partial charge in [-0.05, 0) is 80.9 Å². The van der Waals surface area contributed by atoms with Gasteiger partial charge in [0.2, 0.25) is 0 Å². The summed E-state index contributed by atoms with van der Waals surface area (Å²) in [5.74, 6) is -0.187. The Hall–Kier alpha value is -3.79. The third kappa shape index (κ3) is 5.23. The van der Waals surface area contributed by atoms with Crippen molar-refractivity contribution in [3.63, 3.8) is 0 Å². The molecule has 3 aromatic carbocycles. The number of hydrogen-bond donors (Lipinski definition) is 1. The molecule has 1 aliphatic rings. The number of halogens is 1. The normalized spacial score (nSPS) is 19.2. The Morgan fingerprint density at radius 1 is 0.972 bits per heavy atom. The predicted molar refractivity (Wildman–Crippen MR) is 144 cm³/mol. The fraction of sp³-hybridized carbons (Fsp3) is 0.250. The van der Waals surface area contributed by atoms with E-state index in [9.17, 15) is 4.79 Å². The van der Waals surface area contributed by atoms with Crippen molar-refractivity contribution in [2.75, 3.05) is 0 Å². The zero-order valence-corrected chi connectivity index (χ0v) is 20.8. The number of rotatable bonds is 5. The second kappa shape index (κ2) is 10.4. The van der Waals surface area contributed by atoms with Gasteiger partial charge in [0.05, 0.1) is 11.1 Å². The first-order valence-electron chi connectivity index (χ1n) is 12.6. The standard InChI is InChI=1S/C32H31FN2O/c1-21-16-22(2)18-25(17-21)31(33)27-13-12-26(20-24(27)19-23-8-4-3-5-9-23)35-32(36)29-14-15-34-30-11-7-6-10-28(29)30/h3-11,14-18,24,26H,12-13,19-20H2,1-2H3,(H,35,36)/b31-27+/t24-,26+/m1/s1. The van der Waals surface area contributed by atoms with Crippen LogP contribution in [0.1, 0.15) is 51.9 Å². The van der Waals surface area contributed by atoms with Gasteiger partial charge in [-0.2, -0.15) is 0 Å². The Morgan fingerprint density at radius 3 is 2.47 bits per heavy atom. The third-order valence-electron chi connectivity index (χ3n) is 7.13. The van der Waals surface area contributed by atoms with Gasteiger partial charge in [0.15, 0.2) is 0 Å². The minimum absolute atomic E-state index is 0.0152. The summed E-state index contributed by atoms with van der Waals surface area (Å²) in [6.45, 7) is 4.01. The number of carbonyl (C=O) groups is 1. The van der Waals surface area contributed by atoms with Gasteiger partial charge in [-0.25, -0.2) is 4.39 Å². The van der Waals surface area contributed by atoms with Crippen LogP contribution in [0.4, 0.5) is 4.39 Å². The Balaban J connectivity index is 1.42. The van der Waals surface area contributed by atoms with Crippen molar-refractivity contribution in [1.82, 2.24) is 10.3 Å². The second-order valence-electron chi connectivity index (χ2n) is 9.92. The molecule has 1 aliphatic carbocycles. The summed E-state index contributed by atoms with van der Waals surface area (Å²) in [6, 6.07) is 25.6. The first-order valence-corrected chi connectivity index (χ1v) is 12.6. The van der Waals surface area contributed by atoms with Crippen LogP contribution >= 0.6 is 0 Å². The highest BCUT2D eigenvalue weighted by Crippen LogP contribution is 2.38. The van der Waals surface area contributed by atoms with Gasteiger partial charge in [0.25, 0.3) is 5.91 Å². The molecule has 0 unspecified atom stereocenters. The van der Waals surface area contributed by atoms with E-state index in [2.05, 4.69) is 28.5 Å². The van der Waals surface area contributed by atoms with E-state index in [0.717, 1.165) is 34.0 Å². The lowest BCUT2D eigenvalue weighted by Crippen LogP contribution is -2.39. The molecule has 1 fully saturated rings. The van der Waals surface area contributed by atoms with Gasteiger partial charge in [-0.3, -0.25) is 9.78 Å². The van der Waals surface area contributed by atoms with Crippen molar-refractivity contribution in [3.8, 4) is 0 Å². The van der Waals surface area contributed by atoms with Crippen molar-refractivity contribution in [2.24, 2.45) is 5.92 Å². The molecule has 4 heteroatoms. The summed E-state index contributed by atoms with van der Waals surface area (Å²) in [6.07, 6.45) is 4.47. The third-order valence-corrected chi connectivity index (χ3v) is 7.13.